The molecule has 2 aromatic carbocycles. The Morgan fingerprint density at radius 3 is 2.81 bits per heavy atom. The van der Waals surface area contributed by atoms with E-state index in [0.29, 0.717) is 16.3 Å². The van der Waals surface area contributed by atoms with E-state index < -0.39 is 0 Å². The number of methoxy groups -OCH3 is 1. The lowest BCUT2D eigenvalue weighted by molar-refractivity contribution is 0.0951. The van der Waals surface area contributed by atoms with E-state index in [4.69, 9.17) is 16.3 Å². The van der Waals surface area contributed by atoms with Gasteiger partial charge in [0.05, 0.1) is 12.1 Å². The van der Waals surface area contributed by atoms with Crippen LogP contribution in [0.1, 0.15) is 40.2 Å². The fourth-order valence-corrected chi connectivity index (χ4v) is 3.30. The third-order valence-electron chi connectivity index (χ3n) is 4.12. The van der Waals surface area contributed by atoms with Gasteiger partial charge in [0.1, 0.15) is 5.75 Å². The Balaban J connectivity index is 1.95. The van der Waals surface area contributed by atoms with Gasteiger partial charge in [-0.15, -0.1) is 0 Å². The van der Waals surface area contributed by atoms with Crippen molar-refractivity contribution >= 4 is 17.4 Å². The van der Waals surface area contributed by atoms with E-state index in [1.807, 2.05) is 12.1 Å². The summed E-state index contributed by atoms with van der Waals surface area (Å²) >= 11 is 6.14. The second-order valence-corrected chi connectivity index (χ2v) is 5.76. The summed E-state index contributed by atoms with van der Waals surface area (Å²) in [4.78, 5) is 12.8. The van der Waals surface area contributed by atoms with Crippen LogP contribution >= 0.6 is 11.6 Å². The van der Waals surface area contributed by atoms with Gasteiger partial charge in [0.2, 0.25) is 0 Å². The number of aryl methyl sites for hydroxylation is 1. The van der Waals surface area contributed by atoms with Gasteiger partial charge in [-0.05, 0) is 48.6 Å². The van der Waals surface area contributed by atoms with E-state index in [2.05, 4.69) is 12.1 Å². The summed E-state index contributed by atoms with van der Waals surface area (Å²) in [6.07, 6.45) is 3.01. The maximum atomic E-state index is 12.8. The normalized spacial score (nSPS) is 17.1. The van der Waals surface area contributed by atoms with Crippen LogP contribution in [0.3, 0.4) is 0 Å². The van der Waals surface area contributed by atoms with Gasteiger partial charge < -0.3 is 4.74 Å². The lowest BCUT2D eigenvalue weighted by atomic mass is 9.79. The molecule has 3 heteroatoms. The van der Waals surface area contributed by atoms with Gasteiger partial charge >= 0.3 is 0 Å². The summed E-state index contributed by atoms with van der Waals surface area (Å²) in [6.45, 7) is 0. The Kier molecular flexibility index (Phi) is 3.98. The molecule has 0 fully saturated rings. The third-order valence-corrected chi connectivity index (χ3v) is 4.42. The van der Waals surface area contributed by atoms with Crippen LogP contribution in [0.25, 0.3) is 0 Å². The molecule has 0 bridgehead atoms. The molecule has 0 saturated heterocycles. The molecule has 0 saturated carbocycles. The van der Waals surface area contributed by atoms with Crippen LogP contribution in [-0.2, 0) is 6.42 Å². The molecule has 1 atom stereocenters. The molecule has 2 nitrogen and oxygen atoms in total. The average molecular weight is 301 g/mol. The summed E-state index contributed by atoms with van der Waals surface area (Å²) in [5.41, 5.74) is 3.12. The predicted octanol–water partition coefficient (Wildman–Crippen LogP) is 4.65. The van der Waals surface area contributed by atoms with E-state index in [-0.39, 0.29) is 11.7 Å². The first-order valence-corrected chi connectivity index (χ1v) is 7.54. The van der Waals surface area contributed by atoms with E-state index in [0.717, 1.165) is 19.3 Å². The summed E-state index contributed by atoms with van der Waals surface area (Å²) in [6, 6.07) is 13.5. The molecular formula is C18H17ClO2. The zero-order chi connectivity index (χ0) is 14.8. The standard InChI is InChI=1S/C18H17ClO2/c1-21-17-10-9-13(11-16(17)19)18(20)15-8-4-6-12-5-2-3-7-14(12)15/h2-3,5,7,9-11,15H,4,6,8H2,1H3. The summed E-state index contributed by atoms with van der Waals surface area (Å²) in [5.74, 6) is 0.684. The van der Waals surface area contributed by atoms with Gasteiger partial charge in [-0.1, -0.05) is 35.9 Å². The molecule has 21 heavy (non-hydrogen) atoms. The summed E-state index contributed by atoms with van der Waals surface area (Å²) in [5, 5.41) is 0.479. The van der Waals surface area contributed by atoms with Crippen LogP contribution in [-0.4, -0.2) is 12.9 Å². The fourth-order valence-electron chi connectivity index (χ4n) is 3.05. The van der Waals surface area contributed by atoms with E-state index >= 15 is 0 Å². The number of ketones is 1. The zero-order valence-corrected chi connectivity index (χ0v) is 12.7. The monoisotopic (exact) mass is 300 g/mol. The maximum absolute atomic E-state index is 12.8. The highest BCUT2D eigenvalue weighted by atomic mass is 35.5. The highest BCUT2D eigenvalue weighted by Gasteiger charge is 2.27. The Morgan fingerprint density at radius 1 is 1.24 bits per heavy atom. The fraction of sp³-hybridized carbons (Fsp3) is 0.278. The first kappa shape index (κ1) is 14.2. The van der Waals surface area contributed by atoms with Gasteiger partial charge in [-0.2, -0.15) is 0 Å². The lowest BCUT2D eigenvalue weighted by Crippen LogP contribution is -2.18. The highest BCUT2D eigenvalue weighted by molar-refractivity contribution is 6.32. The summed E-state index contributed by atoms with van der Waals surface area (Å²) in [7, 11) is 1.57. The Morgan fingerprint density at radius 2 is 2.05 bits per heavy atom. The van der Waals surface area contributed by atoms with E-state index in [1.165, 1.54) is 11.1 Å². The molecule has 0 radical (unpaired) electrons. The molecular weight excluding hydrogens is 284 g/mol. The number of carbonyl (C=O) groups excluding carboxylic acids is 1. The molecule has 1 aliphatic rings. The number of carbonyl (C=O) groups is 1. The minimum absolute atomic E-state index is 0.0561. The number of halogens is 1. The molecule has 3 rings (SSSR count). The third kappa shape index (κ3) is 2.68. The van der Waals surface area contributed by atoms with Crippen molar-refractivity contribution in [2.45, 2.75) is 25.2 Å². The molecule has 108 valence electrons. The van der Waals surface area contributed by atoms with Crippen molar-refractivity contribution in [3.8, 4) is 5.75 Å². The first-order chi connectivity index (χ1) is 10.2. The van der Waals surface area contributed by atoms with Crippen LogP contribution in [0.4, 0.5) is 0 Å². The number of rotatable bonds is 3. The van der Waals surface area contributed by atoms with Crippen LogP contribution in [0.15, 0.2) is 42.5 Å². The van der Waals surface area contributed by atoms with Crippen molar-refractivity contribution in [2.75, 3.05) is 7.11 Å². The van der Waals surface area contributed by atoms with Gasteiger partial charge in [0.15, 0.2) is 5.78 Å². The molecule has 0 N–H and O–H groups in total. The van der Waals surface area contributed by atoms with Gasteiger partial charge in [-0.3, -0.25) is 4.79 Å². The van der Waals surface area contributed by atoms with Gasteiger partial charge in [-0.25, -0.2) is 0 Å². The maximum Gasteiger partial charge on any atom is 0.170 e. The first-order valence-electron chi connectivity index (χ1n) is 7.16. The Hall–Kier alpha value is -1.80. The molecule has 2 aromatic rings. The number of hydrogen-bond donors (Lipinski definition) is 0. The smallest absolute Gasteiger partial charge is 0.170 e. The summed E-state index contributed by atoms with van der Waals surface area (Å²) < 4.78 is 5.14. The molecule has 1 unspecified atom stereocenters. The minimum atomic E-state index is -0.0561. The van der Waals surface area contributed by atoms with Crippen LogP contribution in [0.2, 0.25) is 5.02 Å². The Bertz CT molecular complexity index is 679. The van der Waals surface area contributed by atoms with Crippen molar-refractivity contribution in [2.24, 2.45) is 0 Å². The number of hydrogen-bond acceptors (Lipinski definition) is 2. The van der Waals surface area contributed by atoms with Crippen LogP contribution in [0, 0.1) is 0 Å². The largest absolute Gasteiger partial charge is 0.495 e. The number of Topliss-reactive ketones (excluding diaryl/α,β-unsaturated/α-hetero) is 1. The molecule has 0 amide bonds. The zero-order valence-electron chi connectivity index (χ0n) is 11.9. The van der Waals surface area contributed by atoms with Crippen molar-refractivity contribution in [1.82, 2.24) is 0 Å². The second kappa shape index (κ2) is 5.90. The highest BCUT2D eigenvalue weighted by Crippen LogP contribution is 2.35. The predicted molar refractivity (Wildman–Crippen MR) is 84.5 cm³/mol. The van der Waals surface area contributed by atoms with Crippen molar-refractivity contribution < 1.29 is 9.53 Å². The molecule has 0 aromatic heterocycles. The van der Waals surface area contributed by atoms with Crippen LogP contribution in [0.5, 0.6) is 5.75 Å². The van der Waals surface area contributed by atoms with E-state index in [1.54, 1.807) is 25.3 Å². The topological polar surface area (TPSA) is 26.3 Å². The molecule has 0 aliphatic heterocycles. The van der Waals surface area contributed by atoms with Crippen molar-refractivity contribution in [3.05, 3.63) is 64.2 Å². The molecule has 1 aliphatic carbocycles. The van der Waals surface area contributed by atoms with Crippen molar-refractivity contribution in [3.63, 3.8) is 0 Å². The minimum Gasteiger partial charge on any atom is -0.495 e. The Labute approximate surface area is 129 Å². The van der Waals surface area contributed by atoms with Crippen molar-refractivity contribution in [1.29, 1.82) is 0 Å². The number of benzene rings is 2. The SMILES string of the molecule is COc1ccc(C(=O)C2CCCc3ccccc32)cc1Cl. The lowest BCUT2D eigenvalue weighted by Gasteiger charge is -2.24. The quantitative estimate of drug-likeness (QED) is 0.771. The average Bonchev–Trinajstić information content (AvgIpc) is 2.53. The number of fused-ring (bicyclic) bond motifs is 1. The second-order valence-electron chi connectivity index (χ2n) is 5.36. The molecule has 0 spiro atoms. The van der Waals surface area contributed by atoms with E-state index in [9.17, 15) is 4.79 Å². The van der Waals surface area contributed by atoms with Gasteiger partial charge in [0, 0.05) is 11.5 Å². The van der Waals surface area contributed by atoms with Gasteiger partial charge in [0.25, 0.3) is 0 Å². The number of ether oxygens (including phenoxy) is 1. The van der Waals surface area contributed by atoms with Crippen LogP contribution < -0.4 is 4.74 Å². The molecule has 0 heterocycles.